The van der Waals surface area contributed by atoms with Crippen molar-refractivity contribution in [2.75, 3.05) is 0 Å². The summed E-state index contributed by atoms with van der Waals surface area (Å²) < 4.78 is -0.298. The summed E-state index contributed by atoms with van der Waals surface area (Å²) in [6, 6.07) is 0. The second-order valence-corrected chi connectivity index (χ2v) is 5.43. The molecule has 0 saturated carbocycles. The molecular weight excluding hydrogens is 248 g/mol. The highest BCUT2D eigenvalue weighted by atomic mass is 79.9. The van der Waals surface area contributed by atoms with Gasteiger partial charge in [0.1, 0.15) is 3.23 Å². The van der Waals surface area contributed by atoms with Gasteiger partial charge in [0, 0.05) is 0 Å². The van der Waals surface area contributed by atoms with Crippen molar-refractivity contribution in [1.29, 1.82) is 0 Å². The first-order valence-electron chi connectivity index (χ1n) is 2.40. The fraction of sp³-hybridized carbons (Fsp3) is 0.167. The lowest BCUT2D eigenvalue weighted by Crippen LogP contribution is -2.07. The Balaban J connectivity index is 2.82. The average molecular weight is 252 g/mol. The van der Waals surface area contributed by atoms with Crippen LogP contribution in [0.25, 0.3) is 0 Å². The van der Waals surface area contributed by atoms with E-state index in [0.29, 0.717) is 0 Å². The van der Waals surface area contributed by atoms with E-state index in [1.165, 1.54) is 12.2 Å². The van der Waals surface area contributed by atoms with Crippen molar-refractivity contribution >= 4 is 37.6 Å². The van der Waals surface area contributed by atoms with Crippen molar-refractivity contribution in [3.63, 3.8) is 0 Å². The standard InChI is InChI=1S/C6H4Br2O/c7-6(8)3-1-5(9)2-4-6/h1-4H. The Morgan fingerprint density at radius 3 is 2.00 bits per heavy atom. The summed E-state index contributed by atoms with van der Waals surface area (Å²) in [4.78, 5) is 10.5. The van der Waals surface area contributed by atoms with Crippen LogP contribution in [-0.2, 0) is 4.79 Å². The maximum absolute atomic E-state index is 10.5. The Morgan fingerprint density at radius 2 is 1.67 bits per heavy atom. The molecule has 0 amide bonds. The molecule has 0 N–H and O–H groups in total. The molecule has 1 aliphatic rings. The topological polar surface area (TPSA) is 17.1 Å². The molecule has 0 bridgehead atoms. The van der Waals surface area contributed by atoms with Crippen LogP contribution in [0.15, 0.2) is 24.3 Å². The molecule has 0 aromatic heterocycles. The molecular formula is C6H4Br2O. The van der Waals surface area contributed by atoms with Crippen molar-refractivity contribution in [3.05, 3.63) is 24.3 Å². The van der Waals surface area contributed by atoms with E-state index in [1.54, 1.807) is 12.2 Å². The first-order valence-corrected chi connectivity index (χ1v) is 3.99. The molecule has 0 unspecified atom stereocenters. The number of ketones is 1. The average Bonchev–Trinajstić information content (AvgIpc) is 1.78. The minimum atomic E-state index is -0.298. The number of halogens is 2. The van der Waals surface area contributed by atoms with E-state index >= 15 is 0 Å². The number of rotatable bonds is 0. The fourth-order valence-electron chi connectivity index (χ4n) is 0.498. The van der Waals surface area contributed by atoms with Gasteiger partial charge in [-0.3, -0.25) is 4.79 Å². The third kappa shape index (κ3) is 2.06. The van der Waals surface area contributed by atoms with Crippen LogP contribution in [0.5, 0.6) is 0 Å². The Hall–Kier alpha value is 0.110. The van der Waals surface area contributed by atoms with Gasteiger partial charge in [-0.25, -0.2) is 0 Å². The van der Waals surface area contributed by atoms with Crippen LogP contribution < -0.4 is 0 Å². The van der Waals surface area contributed by atoms with Crippen molar-refractivity contribution in [3.8, 4) is 0 Å². The number of hydrogen-bond donors (Lipinski definition) is 0. The van der Waals surface area contributed by atoms with Crippen LogP contribution in [0, 0.1) is 0 Å². The minimum absolute atomic E-state index is 0.0320. The molecule has 0 aliphatic heterocycles. The second kappa shape index (κ2) is 2.39. The lowest BCUT2D eigenvalue weighted by Gasteiger charge is -2.11. The molecule has 1 aliphatic carbocycles. The predicted octanol–water partition coefficient (Wildman–Crippen LogP) is 2.17. The van der Waals surface area contributed by atoms with Gasteiger partial charge in [0.05, 0.1) is 0 Å². The van der Waals surface area contributed by atoms with E-state index in [9.17, 15) is 4.79 Å². The summed E-state index contributed by atoms with van der Waals surface area (Å²) in [7, 11) is 0. The molecule has 48 valence electrons. The number of hydrogen-bond acceptors (Lipinski definition) is 1. The Morgan fingerprint density at radius 1 is 1.22 bits per heavy atom. The zero-order chi connectivity index (χ0) is 6.91. The number of alkyl halides is 2. The quantitative estimate of drug-likeness (QED) is 0.604. The van der Waals surface area contributed by atoms with Gasteiger partial charge in [0.15, 0.2) is 5.78 Å². The molecule has 9 heavy (non-hydrogen) atoms. The van der Waals surface area contributed by atoms with Crippen LogP contribution in [0.3, 0.4) is 0 Å². The Labute approximate surface area is 70.1 Å². The molecule has 3 heteroatoms. The first kappa shape index (κ1) is 7.22. The Kier molecular flexibility index (Phi) is 1.91. The van der Waals surface area contributed by atoms with E-state index in [-0.39, 0.29) is 9.02 Å². The zero-order valence-electron chi connectivity index (χ0n) is 4.47. The molecule has 0 fully saturated rings. The third-order valence-electron chi connectivity index (χ3n) is 0.940. The van der Waals surface area contributed by atoms with Gasteiger partial charge in [0.25, 0.3) is 0 Å². The predicted molar refractivity (Wildman–Crippen MR) is 43.9 cm³/mol. The summed E-state index contributed by atoms with van der Waals surface area (Å²) in [5, 5.41) is 0. The van der Waals surface area contributed by atoms with Gasteiger partial charge in [0.2, 0.25) is 0 Å². The van der Waals surface area contributed by atoms with E-state index in [4.69, 9.17) is 0 Å². The largest absolute Gasteiger partial charge is 0.290 e. The molecule has 0 aromatic carbocycles. The normalized spacial score (nSPS) is 22.7. The highest BCUT2D eigenvalue weighted by Gasteiger charge is 2.17. The van der Waals surface area contributed by atoms with Crippen LogP contribution in [0.4, 0.5) is 0 Å². The molecule has 0 saturated heterocycles. The smallest absolute Gasteiger partial charge is 0.178 e. The lowest BCUT2D eigenvalue weighted by atomic mass is 10.2. The van der Waals surface area contributed by atoms with Crippen molar-refractivity contribution in [1.82, 2.24) is 0 Å². The zero-order valence-corrected chi connectivity index (χ0v) is 7.65. The van der Waals surface area contributed by atoms with Gasteiger partial charge in [-0.15, -0.1) is 0 Å². The fourth-order valence-corrected chi connectivity index (χ4v) is 1.03. The molecule has 0 atom stereocenters. The minimum Gasteiger partial charge on any atom is -0.290 e. The van der Waals surface area contributed by atoms with E-state index in [0.717, 1.165) is 0 Å². The SMILES string of the molecule is O=C1C=CC(Br)(Br)C=C1. The Bertz CT molecular complexity index is 173. The van der Waals surface area contributed by atoms with Gasteiger partial charge in [-0.05, 0) is 24.3 Å². The lowest BCUT2D eigenvalue weighted by molar-refractivity contribution is -0.110. The van der Waals surface area contributed by atoms with Gasteiger partial charge in [-0.2, -0.15) is 0 Å². The summed E-state index contributed by atoms with van der Waals surface area (Å²) in [6.45, 7) is 0. The van der Waals surface area contributed by atoms with Crippen molar-refractivity contribution in [2.45, 2.75) is 3.23 Å². The van der Waals surface area contributed by atoms with Gasteiger partial charge < -0.3 is 0 Å². The molecule has 0 aromatic rings. The highest BCUT2D eigenvalue weighted by molar-refractivity contribution is 9.25. The second-order valence-electron chi connectivity index (χ2n) is 1.74. The van der Waals surface area contributed by atoms with Crippen LogP contribution >= 0.6 is 31.9 Å². The molecule has 1 rings (SSSR count). The van der Waals surface area contributed by atoms with E-state index in [2.05, 4.69) is 31.9 Å². The highest BCUT2D eigenvalue weighted by Crippen LogP contribution is 2.31. The summed E-state index contributed by atoms with van der Waals surface area (Å²) in [5.74, 6) is 0.0320. The van der Waals surface area contributed by atoms with Crippen LogP contribution in [0.2, 0.25) is 0 Å². The summed E-state index contributed by atoms with van der Waals surface area (Å²) in [5.41, 5.74) is 0. The molecule has 0 radical (unpaired) electrons. The van der Waals surface area contributed by atoms with Gasteiger partial charge in [-0.1, -0.05) is 31.9 Å². The van der Waals surface area contributed by atoms with Gasteiger partial charge >= 0.3 is 0 Å². The number of carbonyl (C=O) groups excluding carboxylic acids is 1. The molecule has 0 heterocycles. The molecule has 1 nitrogen and oxygen atoms in total. The third-order valence-corrected chi connectivity index (χ3v) is 2.00. The number of carbonyl (C=O) groups is 1. The molecule has 0 spiro atoms. The summed E-state index contributed by atoms with van der Waals surface area (Å²) in [6.07, 6.45) is 6.53. The van der Waals surface area contributed by atoms with Crippen molar-refractivity contribution in [2.24, 2.45) is 0 Å². The maximum Gasteiger partial charge on any atom is 0.178 e. The number of allylic oxidation sites excluding steroid dienone is 4. The summed E-state index contributed by atoms with van der Waals surface area (Å²) >= 11 is 6.62. The monoisotopic (exact) mass is 250 g/mol. The van der Waals surface area contributed by atoms with Crippen molar-refractivity contribution < 1.29 is 4.79 Å². The van der Waals surface area contributed by atoms with E-state index < -0.39 is 0 Å². The van der Waals surface area contributed by atoms with Crippen LogP contribution in [0.1, 0.15) is 0 Å². The van der Waals surface area contributed by atoms with E-state index in [1.807, 2.05) is 0 Å². The van der Waals surface area contributed by atoms with Crippen LogP contribution in [-0.4, -0.2) is 9.02 Å². The first-order chi connectivity index (χ1) is 4.10. The maximum atomic E-state index is 10.5.